The minimum absolute atomic E-state index is 0. The van der Waals surface area contributed by atoms with Gasteiger partial charge in [-0.15, -0.1) is 0 Å². The standard InChI is InChI=1S/C10H20.2C9H18.4C5H11N.C5H10.4C4H9N.4CH3.4FH.4W/c1-6-7(2)9(4)10(5)8(6)3;1-9(2,3)8-6-4-5-7-8;1-2-3-6-9-7-4-5-8-9;4*1-4-5(2,3)6;1-2-4-5-3-1;4*1-4(2,3)5;;;;;;;;;;;;/h6-10H,1-5H3;8H,4-7H2,1-3H3;9H,2-8H2,1H3;4*4H2,1-3H3;1-5H2;4*1-3H3;4*1H3;4*1H;;;;/q;;;;;;;;;;;;4*-1;;;;;4*+1/p-4. The number of unbranched alkanes of at least 4 members (excludes halogenated alkanes) is 1. The molecule has 4 saturated carbocycles. The zero-order chi connectivity index (χ0) is 67.6. The summed E-state index contributed by atoms with van der Waals surface area (Å²) in [6.45, 7) is 68.2. The van der Waals surface area contributed by atoms with E-state index in [4.69, 9.17) is 0 Å². The first-order chi connectivity index (χ1) is 38.2. The number of nitrogens with zero attached hydrogens (tertiary/aromatic N) is 8. The molecule has 16 heteroatoms. The van der Waals surface area contributed by atoms with Gasteiger partial charge in [0.15, 0.2) is 0 Å². The van der Waals surface area contributed by atoms with E-state index in [1.807, 2.05) is 166 Å². The Hall–Kier alpha value is 0.873. The van der Waals surface area contributed by atoms with Crippen molar-refractivity contribution < 1.29 is 82.5 Å². The summed E-state index contributed by atoms with van der Waals surface area (Å²) < 4.78 is 86.9. The van der Waals surface area contributed by atoms with Gasteiger partial charge in [0, 0.05) is 0 Å². The molecule has 0 heterocycles. The van der Waals surface area contributed by atoms with E-state index in [0.717, 1.165) is 67.1 Å². The SMILES string of the molecule is C1CCCC1.CC(C)(C)C1CCCC1.CC1C(C)C(C)C(C)C1C.CCC(C)(C)[N]=[W]([F])=[N]C(C)(C)C.CCC(C)(C)[N]=[W]([F])=[N]C(C)(C)C.CCC(C)(C)[N]=[W]([F])=[N]C(C)(C)C.CCC(C)(C)[N]=[W]([F])=[N]C(C)(C)C.CCCCC1CCCC1.[CH3-].[CH3-].[CH3-].[CH3-]. The Morgan fingerprint density at radius 1 is 0.303 bits per heavy atom. The second kappa shape index (κ2) is 51.1. The van der Waals surface area contributed by atoms with E-state index < -0.39 is 69.9 Å². The molecule has 0 atom stereocenters. The molecule has 0 N–H and O–H groups in total. The van der Waals surface area contributed by atoms with Crippen molar-refractivity contribution in [3.05, 3.63) is 29.7 Å². The number of hydrogen-bond acceptors (Lipinski definition) is 8. The minimum Gasteiger partial charge on any atom is -0.358 e. The van der Waals surface area contributed by atoms with Crippen LogP contribution in [0.4, 0.5) is 12.6 Å². The van der Waals surface area contributed by atoms with Gasteiger partial charge in [-0.05, 0) is 59.7 Å². The van der Waals surface area contributed by atoms with Crippen LogP contribution in [0.2, 0.25) is 0 Å². The van der Waals surface area contributed by atoms with E-state index in [-0.39, 0.29) is 74.0 Å². The molecule has 0 spiro atoms. The smallest absolute Gasteiger partial charge is 0.0414 e. The van der Waals surface area contributed by atoms with Crippen molar-refractivity contribution in [1.29, 1.82) is 0 Å². The monoisotopic (exact) mass is 1960 g/mol. The van der Waals surface area contributed by atoms with Crippen molar-refractivity contribution in [1.82, 2.24) is 0 Å². The van der Waals surface area contributed by atoms with Gasteiger partial charge >= 0.3 is 347 Å². The summed E-state index contributed by atoms with van der Waals surface area (Å²) >= 11 is -13.0. The Kier molecular flexibility index (Phi) is 60.8. The van der Waals surface area contributed by atoms with E-state index in [9.17, 15) is 12.6 Å². The second-order valence-electron chi connectivity index (χ2n) is 32.7. The molecule has 0 aromatic rings. The predicted molar refractivity (Wildman–Crippen MR) is 378 cm³/mol. The Morgan fingerprint density at radius 2 is 0.494 bits per heavy atom. The van der Waals surface area contributed by atoms with E-state index in [0.29, 0.717) is 5.41 Å². The van der Waals surface area contributed by atoms with Crippen LogP contribution in [0.1, 0.15) is 357 Å². The van der Waals surface area contributed by atoms with Gasteiger partial charge in [0.05, 0.1) is 0 Å². The molecule has 0 saturated heterocycles. The molecular formula is C73H158F4N8W4-4. The fourth-order valence-electron chi connectivity index (χ4n) is 8.92. The summed E-state index contributed by atoms with van der Waals surface area (Å²) in [6.07, 6.45) is 27.3. The predicted octanol–water partition coefficient (Wildman–Crippen LogP) is 28.9. The van der Waals surface area contributed by atoms with Crippen LogP contribution in [0.5, 0.6) is 0 Å². The van der Waals surface area contributed by atoms with Crippen LogP contribution < -0.4 is 0 Å². The third-order valence-electron chi connectivity index (χ3n) is 16.6. The fraction of sp³-hybridized carbons (Fsp3) is 0.945. The fourth-order valence-corrected chi connectivity index (χ4v) is 23.7. The van der Waals surface area contributed by atoms with Crippen molar-refractivity contribution in [3.63, 3.8) is 0 Å². The number of halogens is 4. The van der Waals surface area contributed by atoms with Gasteiger partial charge < -0.3 is 29.7 Å². The summed E-state index contributed by atoms with van der Waals surface area (Å²) in [5, 5.41) is 0. The molecule has 0 bridgehead atoms. The molecule has 546 valence electrons. The zero-order valence-corrected chi connectivity index (χ0v) is 78.1. The average Bonchev–Trinajstić information content (AvgIpc) is 4.19. The second-order valence-corrected chi connectivity index (χ2v) is 44.2. The molecule has 4 fully saturated rings. The Morgan fingerprint density at radius 3 is 0.640 bits per heavy atom. The van der Waals surface area contributed by atoms with Gasteiger partial charge in [-0.25, -0.2) is 0 Å². The van der Waals surface area contributed by atoms with Crippen molar-refractivity contribution in [2.75, 3.05) is 0 Å². The summed E-state index contributed by atoms with van der Waals surface area (Å²) in [6, 6.07) is 0. The van der Waals surface area contributed by atoms with Crippen molar-refractivity contribution >= 4 is 0 Å². The van der Waals surface area contributed by atoms with Crippen LogP contribution >= 0.6 is 0 Å². The van der Waals surface area contributed by atoms with Gasteiger partial charge in [-0.3, -0.25) is 0 Å². The Balaban J connectivity index is -0.000000141. The summed E-state index contributed by atoms with van der Waals surface area (Å²) in [7, 11) is 0. The van der Waals surface area contributed by atoms with Gasteiger partial charge in [-0.1, -0.05) is 152 Å². The van der Waals surface area contributed by atoms with Crippen LogP contribution in [-0.2, 0) is 69.9 Å². The largest absolute Gasteiger partial charge is 0.358 e. The molecule has 8 nitrogen and oxygen atoms in total. The number of rotatable bonds is 11. The van der Waals surface area contributed by atoms with E-state index >= 15 is 0 Å². The van der Waals surface area contributed by atoms with E-state index in [1.54, 1.807) is 0 Å². The maximum atomic E-state index is 13.4. The molecule has 0 amide bonds. The maximum Gasteiger partial charge on any atom is -0.0414 e. The van der Waals surface area contributed by atoms with Gasteiger partial charge in [0.1, 0.15) is 0 Å². The quantitative estimate of drug-likeness (QED) is 0.145. The minimum atomic E-state index is -3.25. The Labute approximate surface area is 583 Å². The first kappa shape index (κ1) is 106. The third kappa shape index (κ3) is 64.6. The molecule has 0 aliphatic heterocycles. The van der Waals surface area contributed by atoms with Crippen molar-refractivity contribution in [3.8, 4) is 0 Å². The summed E-state index contributed by atoms with van der Waals surface area (Å²) in [4.78, 5) is 0. The molecule has 4 aliphatic carbocycles. The number of hydrogen-bond donors (Lipinski definition) is 0. The summed E-state index contributed by atoms with van der Waals surface area (Å²) in [5.74, 6) is 6.80. The Bertz CT molecular complexity index is 1860. The molecule has 89 heavy (non-hydrogen) atoms. The first-order valence-electron chi connectivity index (χ1n) is 33.7. The molecule has 4 rings (SSSR count). The average molecular weight is 1960 g/mol. The van der Waals surface area contributed by atoms with Crippen molar-refractivity contribution in [2.45, 2.75) is 401 Å². The van der Waals surface area contributed by atoms with Crippen LogP contribution in [-0.4, -0.2) is 44.3 Å². The molecular weight excluding hydrogens is 1800 g/mol. The van der Waals surface area contributed by atoms with Gasteiger partial charge in [0.2, 0.25) is 0 Å². The first-order valence-corrected chi connectivity index (χ1v) is 48.6. The summed E-state index contributed by atoms with van der Waals surface area (Å²) in [5.41, 5.74) is -1.39. The van der Waals surface area contributed by atoms with E-state index in [1.165, 1.54) is 103 Å². The van der Waals surface area contributed by atoms with Crippen LogP contribution in [0, 0.1) is 76.5 Å². The topological polar surface area (TPSA) is 98.9 Å². The molecule has 4 aliphatic rings. The molecule has 0 aromatic heterocycles. The van der Waals surface area contributed by atoms with E-state index in [2.05, 4.69) is 90.3 Å². The molecule has 0 aromatic carbocycles. The molecule has 0 unspecified atom stereocenters. The van der Waals surface area contributed by atoms with Crippen molar-refractivity contribution in [2.24, 2.45) is 74.8 Å². The van der Waals surface area contributed by atoms with Gasteiger partial charge in [0.25, 0.3) is 0 Å². The van der Waals surface area contributed by atoms with Crippen LogP contribution in [0.25, 0.3) is 0 Å². The zero-order valence-electron chi connectivity index (χ0n) is 66.4. The van der Waals surface area contributed by atoms with Crippen LogP contribution in [0.3, 0.4) is 0 Å². The van der Waals surface area contributed by atoms with Crippen LogP contribution in [0.15, 0.2) is 28.0 Å². The normalized spacial score (nSPS) is 20.9. The van der Waals surface area contributed by atoms with Gasteiger partial charge in [-0.2, -0.15) is 0 Å². The third-order valence-corrected chi connectivity index (χ3v) is 35.9. The molecule has 0 radical (unpaired) electrons. The maximum absolute atomic E-state index is 13.4.